The van der Waals surface area contributed by atoms with Crippen LogP contribution in [0.2, 0.25) is 5.02 Å². The number of benzene rings is 1. The van der Waals surface area contributed by atoms with Gasteiger partial charge >= 0.3 is 0 Å². The molecule has 21 heavy (non-hydrogen) atoms. The number of nitrogens with zero attached hydrogens (tertiary/aromatic N) is 1. The van der Waals surface area contributed by atoms with Gasteiger partial charge in [0.05, 0.1) is 6.61 Å². The number of rotatable bonds is 3. The summed E-state index contributed by atoms with van der Waals surface area (Å²) in [6.45, 7) is 3.84. The number of aliphatic hydroxyl groups is 1. The minimum Gasteiger partial charge on any atom is -0.395 e. The summed E-state index contributed by atoms with van der Waals surface area (Å²) in [5.41, 5.74) is 1.90. The molecule has 1 aromatic heterocycles. The van der Waals surface area contributed by atoms with Crippen LogP contribution in [0.3, 0.4) is 0 Å². The molecule has 1 aromatic carbocycles. The summed E-state index contributed by atoms with van der Waals surface area (Å²) in [6, 6.07) is 5.67. The molecule has 0 radical (unpaired) electrons. The number of aromatic nitrogens is 1. The lowest BCUT2D eigenvalue weighted by molar-refractivity contribution is 0.153. The number of likely N-dealkylation sites (tertiary alicyclic amines) is 1. The van der Waals surface area contributed by atoms with Gasteiger partial charge in [-0.25, -0.2) is 0 Å². The molecule has 3 rings (SSSR count). The van der Waals surface area contributed by atoms with Gasteiger partial charge in [-0.05, 0) is 49.4 Å². The van der Waals surface area contributed by atoms with Crippen LogP contribution in [0.15, 0.2) is 23.0 Å². The third-order valence-electron chi connectivity index (χ3n) is 4.38. The van der Waals surface area contributed by atoms with E-state index in [9.17, 15) is 9.90 Å². The Balaban J connectivity index is 2.07. The summed E-state index contributed by atoms with van der Waals surface area (Å²) in [7, 11) is 0. The Kier molecular flexibility index (Phi) is 4.02. The average molecular weight is 307 g/mol. The molecule has 0 aliphatic carbocycles. The van der Waals surface area contributed by atoms with Crippen molar-refractivity contribution in [2.45, 2.75) is 32.4 Å². The van der Waals surface area contributed by atoms with Crippen molar-refractivity contribution < 1.29 is 5.11 Å². The second-order valence-corrected chi connectivity index (χ2v) is 6.13. The van der Waals surface area contributed by atoms with Gasteiger partial charge in [-0.1, -0.05) is 17.7 Å². The van der Waals surface area contributed by atoms with Crippen LogP contribution >= 0.6 is 11.6 Å². The molecule has 112 valence electrons. The van der Waals surface area contributed by atoms with Crippen molar-refractivity contribution in [3.63, 3.8) is 0 Å². The number of halogens is 1. The summed E-state index contributed by atoms with van der Waals surface area (Å²) in [5, 5.41) is 11.6. The Morgan fingerprint density at radius 3 is 3.00 bits per heavy atom. The van der Waals surface area contributed by atoms with Crippen LogP contribution in [0.25, 0.3) is 10.8 Å². The van der Waals surface area contributed by atoms with E-state index in [2.05, 4.69) is 9.88 Å². The van der Waals surface area contributed by atoms with Gasteiger partial charge in [-0.2, -0.15) is 0 Å². The van der Waals surface area contributed by atoms with Gasteiger partial charge in [-0.15, -0.1) is 0 Å². The van der Waals surface area contributed by atoms with Crippen molar-refractivity contribution in [2.24, 2.45) is 0 Å². The third-order valence-corrected chi connectivity index (χ3v) is 4.61. The van der Waals surface area contributed by atoms with Crippen molar-refractivity contribution in [1.29, 1.82) is 0 Å². The Hall–Kier alpha value is -1.36. The van der Waals surface area contributed by atoms with Crippen molar-refractivity contribution >= 4 is 22.4 Å². The molecule has 4 nitrogen and oxygen atoms in total. The minimum atomic E-state index is -0.103. The molecule has 2 aromatic rings. The number of hydrogen-bond donors (Lipinski definition) is 2. The highest BCUT2D eigenvalue weighted by molar-refractivity contribution is 6.31. The second-order valence-electron chi connectivity index (χ2n) is 5.70. The maximum absolute atomic E-state index is 12.1. The summed E-state index contributed by atoms with van der Waals surface area (Å²) < 4.78 is 0. The zero-order valence-electron chi connectivity index (χ0n) is 12.0. The van der Waals surface area contributed by atoms with Gasteiger partial charge < -0.3 is 10.1 Å². The molecular weight excluding hydrogens is 288 g/mol. The summed E-state index contributed by atoms with van der Waals surface area (Å²) in [4.78, 5) is 17.3. The Labute approximate surface area is 128 Å². The van der Waals surface area contributed by atoms with E-state index in [-0.39, 0.29) is 18.2 Å². The van der Waals surface area contributed by atoms with Gasteiger partial charge in [0, 0.05) is 28.7 Å². The number of fused-ring (bicyclic) bond motifs is 1. The molecule has 0 bridgehead atoms. The molecule has 5 heteroatoms. The summed E-state index contributed by atoms with van der Waals surface area (Å²) in [5.74, 6) is 0. The lowest BCUT2D eigenvalue weighted by atomic mass is 10.0. The smallest absolute Gasteiger partial charge is 0.256 e. The first-order chi connectivity index (χ1) is 10.1. The van der Waals surface area contributed by atoms with Crippen LogP contribution in [-0.4, -0.2) is 34.2 Å². The van der Waals surface area contributed by atoms with Crippen molar-refractivity contribution in [3.05, 3.63) is 44.8 Å². The van der Waals surface area contributed by atoms with Crippen molar-refractivity contribution in [3.8, 4) is 0 Å². The number of hydrogen-bond acceptors (Lipinski definition) is 3. The highest BCUT2D eigenvalue weighted by Gasteiger charge is 2.25. The minimum absolute atomic E-state index is 0.103. The van der Waals surface area contributed by atoms with Crippen molar-refractivity contribution in [1.82, 2.24) is 9.88 Å². The van der Waals surface area contributed by atoms with Crippen LogP contribution in [0.5, 0.6) is 0 Å². The van der Waals surface area contributed by atoms with Crippen LogP contribution in [0.4, 0.5) is 0 Å². The van der Waals surface area contributed by atoms with E-state index in [1.54, 1.807) is 6.07 Å². The normalized spacial score (nSPS) is 19.5. The molecule has 1 fully saturated rings. The van der Waals surface area contributed by atoms with Crippen LogP contribution in [0, 0.1) is 6.92 Å². The van der Waals surface area contributed by atoms with Gasteiger partial charge in [0.15, 0.2) is 0 Å². The molecule has 2 heterocycles. The fourth-order valence-corrected chi connectivity index (χ4v) is 3.37. The predicted octanol–water partition coefficient (Wildman–Crippen LogP) is 2.45. The standard InChI is InChI=1S/C16H19ClN2O2/c1-10-15(8-19-6-2-3-12(19)9-20)13-5-4-11(17)7-14(13)16(21)18-10/h4-5,7,12,20H,2-3,6,8-9H2,1H3,(H,18,21)/t12-/m0/s1. The Morgan fingerprint density at radius 2 is 2.24 bits per heavy atom. The van der Waals surface area contributed by atoms with E-state index in [0.717, 1.165) is 42.6 Å². The molecule has 0 saturated carbocycles. The summed E-state index contributed by atoms with van der Waals surface area (Å²) in [6.07, 6.45) is 2.14. The number of aromatic amines is 1. The number of H-pyrrole nitrogens is 1. The van der Waals surface area contributed by atoms with Crippen LogP contribution in [-0.2, 0) is 6.54 Å². The monoisotopic (exact) mass is 306 g/mol. The van der Waals surface area contributed by atoms with E-state index in [0.29, 0.717) is 10.4 Å². The molecule has 0 unspecified atom stereocenters. The third kappa shape index (κ3) is 2.71. The second kappa shape index (κ2) is 5.79. The molecule has 0 spiro atoms. The molecule has 1 aliphatic heterocycles. The first kappa shape index (κ1) is 14.6. The van der Waals surface area contributed by atoms with Gasteiger partial charge in [0.25, 0.3) is 5.56 Å². The maximum Gasteiger partial charge on any atom is 0.256 e. The van der Waals surface area contributed by atoms with E-state index < -0.39 is 0 Å². The molecule has 1 atom stereocenters. The highest BCUT2D eigenvalue weighted by Crippen LogP contribution is 2.26. The Morgan fingerprint density at radius 1 is 1.43 bits per heavy atom. The average Bonchev–Trinajstić information content (AvgIpc) is 2.91. The van der Waals surface area contributed by atoms with Crippen LogP contribution in [0.1, 0.15) is 24.1 Å². The maximum atomic E-state index is 12.1. The SMILES string of the molecule is Cc1[nH]c(=O)c2cc(Cl)ccc2c1CN1CCC[C@H]1CO. The number of aryl methyl sites for hydroxylation is 1. The molecule has 2 N–H and O–H groups in total. The lowest BCUT2D eigenvalue weighted by Crippen LogP contribution is -2.32. The van der Waals surface area contributed by atoms with E-state index >= 15 is 0 Å². The lowest BCUT2D eigenvalue weighted by Gasteiger charge is -2.24. The van der Waals surface area contributed by atoms with E-state index in [4.69, 9.17) is 11.6 Å². The van der Waals surface area contributed by atoms with Crippen LogP contribution < -0.4 is 5.56 Å². The fourth-order valence-electron chi connectivity index (χ4n) is 3.20. The van der Waals surface area contributed by atoms with Gasteiger partial charge in [0.1, 0.15) is 0 Å². The van der Waals surface area contributed by atoms with Gasteiger partial charge in [-0.3, -0.25) is 9.69 Å². The first-order valence-electron chi connectivity index (χ1n) is 7.26. The van der Waals surface area contributed by atoms with E-state index in [1.807, 2.05) is 19.1 Å². The van der Waals surface area contributed by atoms with Crippen molar-refractivity contribution in [2.75, 3.05) is 13.2 Å². The fraction of sp³-hybridized carbons (Fsp3) is 0.438. The molecule has 1 saturated heterocycles. The zero-order chi connectivity index (χ0) is 15.0. The predicted molar refractivity (Wildman–Crippen MR) is 84.8 cm³/mol. The summed E-state index contributed by atoms with van der Waals surface area (Å²) >= 11 is 6.00. The number of aliphatic hydroxyl groups excluding tert-OH is 1. The molecular formula is C16H19ClN2O2. The van der Waals surface area contributed by atoms with E-state index in [1.165, 1.54) is 0 Å². The largest absolute Gasteiger partial charge is 0.395 e. The zero-order valence-corrected chi connectivity index (χ0v) is 12.8. The molecule has 1 aliphatic rings. The highest BCUT2D eigenvalue weighted by atomic mass is 35.5. The first-order valence-corrected chi connectivity index (χ1v) is 7.64. The quantitative estimate of drug-likeness (QED) is 0.916. The number of pyridine rings is 1. The molecule has 0 amide bonds. The number of nitrogens with one attached hydrogen (secondary N) is 1. The topological polar surface area (TPSA) is 56.3 Å². The van der Waals surface area contributed by atoms with Gasteiger partial charge in [0.2, 0.25) is 0 Å². The Bertz CT molecular complexity index is 726.